The van der Waals surface area contributed by atoms with Crippen LogP contribution < -0.4 is 4.74 Å². The van der Waals surface area contributed by atoms with E-state index in [4.69, 9.17) is 9.26 Å². The molecule has 1 N–H and O–H groups in total. The van der Waals surface area contributed by atoms with Gasteiger partial charge in [-0.2, -0.15) is 0 Å². The summed E-state index contributed by atoms with van der Waals surface area (Å²) in [6, 6.07) is 6.13. The number of carbonyl (C=O) groups is 1. The van der Waals surface area contributed by atoms with Gasteiger partial charge in [-0.25, -0.2) is 4.79 Å². The Labute approximate surface area is 103 Å². The van der Waals surface area contributed by atoms with Crippen LogP contribution in [0.3, 0.4) is 0 Å². The zero-order chi connectivity index (χ0) is 13.1. The van der Waals surface area contributed by atoms with Crippen molar-refractivity contribution in [2.24, 2.45) is 0 Å². The molecule has 1 aromatic heterocycles. The lowest BCUT2D eigenvalue weighted by Gasteiger charge is -2.03. The van der Waals surface area contributed by atoms with Gasteiger partial charge in [-0.15, -0.1) is 0 Å². The lowest BCUT2D eigenvalue weighted by Crippen LogP contribution is -2.00. The summed E-state index contributed by atoms with van der Waals surface area (Å²) >= 11 is 0. The number of hydrogen-bond acceptors (Lipinski definition) is 6. The zero-order valence-corrected chi connectivity index (χ0v) is 9.84. The van der Waals surface area contributed by atoms with E-state index in [1.165, 1.54) is 26.4 Å². The van der Waals surface area contributed by atoms with Crippen LogP contribution in [0.1, 0.15) is 10.5 Å². The SMILES string of the molecule is COC(=O)c1cc(-c2ccc(O)c(OC)c2)on1. The maximum atomic E-state index is 11.2. The molecule has 0 spiro atoms. The number of carbonyl (C=O) groups excluding carboxylic acids is 1. The number of aromatic hydroxyl groups is 1. The molecular weight excluding hydrogens is 238 g/mol. The van der Waals surface area contributed by atoms with Gasteiger partial charge in [-0.1, -0.05) is 5.16 Å². The summed E-state index contributed by atoms with van der Waals surface area (Å²) in [5.41, 5.74) is 0.715. The van der Waals surface area contributed by atoms with E-state index in [0.717, 1.165) is 0 Å². The molecule has 18 heavy (non-hydrogen) atoms. The number of ether oxygens (including phenoxy) is 2. The molecular formula is C12H11NO5. The summed E-state index contributed by atoms with van der Waals surface area (Å²) in [5.74, 6) is 0.141. The van der Waals surface area contributed by atoms with Gasteiger partial charge < -0.3 is 19.1 Å². The minimum absolute atomic E-state index is 0.0222. The first kappa shape index (κ1) is 12.0. The van der Waals surface area contributed by atoms with E-state index in [1.54, 1.807) is 12.1 Å². The van der Waals surface area contributed by atoms with Crippen LogP contribution in [0.2, 0.25) is 0 Å². The Bertz CT molecular complexity index is 576. The van der Waals surface area contributed by atoms with Crippen LogP contribution >= 0.6 is 0 Å². The second-order valence-corrected chi connectivity index (χ2v) is 3.45. The zero-order valence-electron chi connectivity index (χ0n) is 9.84. The first-order valence-corrected chi connectivity index (χ1v) is 5.08. The molecule has 0 bridgehead atoms. The molecule has 1 aromatic carbocycles. The van der Waals surface area contributed by atoms with E-state index in [2.05, 4.69) is 9.89 Å². The average Bonchev–Trinajstić information content (AvgIpc) is 2.88. The fourth-order valence-corrected chi connectivity index (χ4v) is 1.44. The van der Waals surface area contributed by atoms with Crippen molar-refractivity contribution in [2.75, 3.05) is 14.2 Å². The third-order valence-corrected chi connectivity index (χ3v) is 2.37. The van der Waals surface area contributed by atoms with Crippen LogP contribution in [-0.4, -0.2) is 30.5 Å². The highest BCUT2D eigenvalue weighted by Crippen LogP contribution is 2.31. The van der Waals surface area contributed by atoms with Gasteiger partial charge in [0.25, 0.3) is 0 Å². The summed E-state index contributed by atoms with van der Waals surface area (Å²) in [4.78, 5) is 11.2. The summed E-state index contributed by atoms with van der Waals surface area (Å²) in [7, 11) is 2.71. The Hall–Kier alpha value is -2.50. The quantitative estimate of drug-likeness (QED) is 0.836. The molecule has 0 radical (unpaired) electrons. The minimum Gasteiger partial charge on any atom is -0.504 e. The van der Waals surface area contributed by atoms with Crippen molar-refractivity contribution in [1.29, 1.82) is 0 Å². The highest BCUT2D eigenvalue weighted by molar-refractivity contribution is 5.88. The Morgan fingerprint density at radius 1 is 1.33 bits per heavy atom. The van der Waals surface area contributed by atoms with Gasteiger partial charge in [0.15, 0.2) is 23.0 Å². The van der Waals surface area contributed by atoms with Gasteiger partial charge >= 0.3 is 5.97 Å². The van der Waals surface area contributed by atoms with E-state index < -0.39 is 5.97 Å². The molecule has 0 atom stereocenters. The molecule has 2 rings (SSSR count). The maximum Gasteiger partial charge on any atom is 0.360 e. The molecule has 0 aliphatic carbocycles. The van der Waals surface area contributed by atoms with Crippen molar-refractivity contribution >= 4 is 5.97 Å². The number of hydrogen-bond donors (Lipinski definition) is 1. The van der Waals surface area contributed by atoms with E-state index >= 15 is 0 Å². The second-order valence-electron chi connectivity index (χ2n) is 3.45. The lowest BCUT2D eigenvalue weighted by atomic mass is 10.1. The Kier molecular flexibility index (Phi) is 3.18. The number of nitrogens with zero attached hydrogens (tertiary/aromatic N) is 1. The lowest BCUT2D eigenvalue weighted by molar-refractivity contribution is 0.0589. The average molecular weight is 249 g/mol. The molecule has 94 valence electrons. The fourth-order valence-electron chi connectivity index (χ4n) is 1.44. The molecule has 1 heterocycles. The molecule has 0 unspecified atom stereocenters. The number of benzene rings is 1. The summed E-state index contributed by atoms with van der Waals surface area (Å²) in [6.07, 6.45) is 0. The van der Waals surface area contributed by atoms with Gasteiger partial charge in [-0.05, 0) is 18.2 Å². The van der Waals surface area contributed by atoms with E-state index in [-0.39, 0.29) is 11.4 Å². The van der Waals surface area contributed by atoms with Crippen LogP contribution in [0.5, 0.6) is 11.5 Å². The Morgan fingerprint density at radius 3 is 2.78 bits per heavy atom. The normalized spacial score (nSPS) is 10.1. The number of esters is 1. The molecule has 2 aromatic rings. The van der Waals surface area contributed by atoms with E-state index in [9.17, 15) is 9.90 Å². The molecule has 0 aliphatic rings. The first-order chi connectivity index (χ1) is 8.65. The Balaban J connectivity index is 2.37. The molecule has 0 saturated heterocycles. The van der Waals surface area contributed by atoms with Gasteiger partial charge in [0.05, 0.1) is 14.2 Å². The van der Waals surface area contributed by atoms with Crippen molar-refractivity contribution in [3.05, 3.63) is 30.0 Å². The monoisotopic (exact) mass is 249 g/mol. The molecule has 6 heteroatoms. The van der Waals surface area contributed by atoms with Gasteiger partial charge in [0.1, 0.15) is 0 Å². The van der Waals surface area contributed by atoms with Crippen molar-refractivity contribution in [1.82, 2.24) is 5.16 Å². The molecule has 0 amide bonds. The molecule has 0 saturated carbocycles. The van der Waals surface area contributed by atoms with Crippen molar-refractivity contribution in [3.8, 4) is 22.8 Å². The summed E-state index contributed by atoms with van der Waals surface area (Å²) in [6.45, 7) is 0. The number of phenolic OH excluding ortho intramolecular Hbond substituents is 1. The third-order valence-electron chi connectivity index (χ3n) is 2.37. The molecule has 0 aliphatic heterocycles. The number of rotatable bonds is 3. The fraction of sp³-hybridized carbons (Fsp3) is 0.167. The molecule has 6 nitrogen and oxygen atoms in total. The van der Waals surface area contributed by atoms with Gasteiger partial charge in [0, 0.05) is 11.6 Å². The second kappa shape index (κ2) is 4.79. The van der Waals surface area contributed by atoms with Crippen LogP contribution in [0.25, 0.3) is 11.3 Å². The predicted molar refractivity (Wildman–Crippen MR) is 61.5 cm³/mol. The van der Waals surface area contributed by atoms with Gasteiger partial charge in [0.2, 0.25) is 0 Å². The van der Waals surface area contributed by atoms with E-state index in [0.29, 0.717) is 17.1 Å². The Morgan fingerprint density at radius 2 is 2.11 bits per heavy atom. The molecule has 0 fully saturated rings. The number of aromatic nitrogens is 1. The van der Waals surface area contributed by atoms with E-state index in [1.807, 2.05) is 0 Å². The van der Waals surface area contributed by atoms with Crippen molar-refractivity contribution in [3.63, 3.8) is 0 Å². The predicted octanol–water partition coefficient (Wildman–Crippen LogP) is 1.84. The summed E-state index contributed by atoms with van der Waals surface area (Å²) in [5, 5.41) is 13.1. The van der Waals surface area contributed by atoms with Crippen LogP contribution in [0, 0.1) is 0 Å². The van der Waals surface area contributed by atoms with Crippen molar-refractivity contribution in [2.45, 2.75) is 0 Å². The topological polar surface area (TPSA) is 81.8 Å². The van der Waals surface area contributed by atoms with Crippen LogP contribution in [0.4, 0.5) is 0 Å². The highest BCUT2D eigenvalue weighted by atomic mass is 16.5. The smallest absolute Gasteiger partial charge is 0.360 e. The minimum atomic E-state index is -0.573. The van der Waals surface area contributed by atoms with Crippen LogP contribution in [-0.2, 0) is 4.74 Å². The third kappa shape index (κ3) is 2.13. The summed E-state index contributed by atoms with van der Waals surface area (Å²) < 4.78 is 14.5. The van der Waals surface area contributed by atoms with Gasteiger partial charge in [-0.3, -0.25) is 0 Å². The maximum absolute atomic E-state index is 11.2. The largest absolute Gasteiger partial charge is 0.504 e. The first-order valence-electron chi connectivity index (χ1n) is 5.08. The van der Waals surface area contributed by atoms with Crippen LogP contribution in [0.15, 0.2) is 28.8 Å². The van der Waals surface area contributed by atoms with Crippen molar-refractivity contribution < 1.29 is 23.9 Å². The number of phenols is 1. The highest BCUT2D eigenvalue weighted by Gasteiger charge is 2.14. The number of methoxy groups -OCH3 is 2. The standard InChI is InChI=1S/C12H11NO5/c1-16-11-5-7(3-4-9(11)14)10-6-8(13-18-10)12(15)17-2/h3-6,14H,1-2H3.